The van der Waals surface area contributed by atoms with Gasteiger partial charge in [-0.05, 0) is 56.5 Å². The van der Waals surface area contributed by atoms with Gasteiger partial charge in [0.1, 0.15) is 16.8 Å². The molecule has 2 heterocycles. The molecule has 1 aliphatic heterocycles. The molecule has 33 heavy (non-hydrogen) atoms. The van der Waals surface area contributed by atoms with Crippen LogP contribution >= 0.6 is 11.8 Å². The van der Waals surface area contributed by atoms with Crippen LogP contribution in [0.5, 0.6) is 5.75 Å². The Balaban J connectivity index is 2.03. The van der Waals surface area contributed by atoms with Crippen LogP contribution in [-0.4, -0.2) is 36.5 Å². The van der Waals surface area contributed by atoms with Gasteiger partial charge in [0, 0.05) is 17.1 Å². The smallest absolute Gasteiger partial charge is 0.338 e. The summed E-state index contributed by atoms with van der Waals surface area (Å²) >= 11 is 1.30. The second-order valence-corrected chi connectivity index (χ2v) is 8.41. The number of carbonyl (C=O) groups is 2. The van der Waals surface area contributed by atoms with E-state index in [0.29, 0.717) is 33.2 Å². The number of benzene rings is 1. The van der Waals surface area contributed by atoms with Crippen LogP contribution < -0.4 is 15.4 Å². The molecule has 2 aromatic rings. The van der Waals surface area contributed by atoms with E-state index < -0.39 is 18.0 Å². The van der Waals surface area contributed by atoms with Crippen molar-refractivity contribution in [2.75, 3.05) is 19.5 Å². The SMILES string of the molecule is CCOC(=O)C1=C(CSc2nc(C)c(C)c(C)c2C#N)NC(=O)NC1c1ccc(OC)cc1. The zero-order valence-corrected chi connectivity index (χ0v) is 20.1. The van der Waals surface area contributed by atoms with E-state index in [0.717, 1.165) is 16.8 Å². The highest BCUT2D eigenvalue weighted by Crippen LogP contribution is 2.33. The van der Waals surface area contributed by atoms with Gasteiger partial charge in [0.25, 0.3) is 0 Å². The number of aromatic nitrogens is 1. The van der Waals surface area contributed by atoms with Crippen LogP contribution in [0.25, 0.3) is 0 Å². The maximum absolute atomic E-state index is 12.9. The van der Waals surface area contributed by atoms with Gasteiger partial charge in [-0.25, -0.2) is 14.6 Å². The number of carbonyl (C=O) groups excluding carboxylic acids is 2. The Kier molecular flexibility index (Phi) is 7.61. The average molecular weight is 467 g/mol. The lowest BCUT2D eigenvalue weighted by Gasteiger charge is -2.29. The minimum absolute atomic E-state index is 0.197. The van der Waals surface area contributed by atoms with Crippen molar-refractivity contribution in [3.8, 4) is 11.8 Å². The van der Waals surface area contributed by atoms with E-state index >= 15 is 0 Å². The highest BCUT2D eigenvalue weighted by molar-refractivity contribution is 7.99. The van der Waals surface area contributed by atoms with Crippen molar-refractivity contribution < 1.29 is 19.1 Å². The number of urea groups is 1. The first-order valence-electron chi connectivity index (χ1n) is 10.4. The van der Waals surface area contributed by atoms with Crippen molar-refractivity contribution in [2.45, 2.75) is 38.8 Å². The summed E-state index contributed by atoms with van der Waals surface area (Å²) in [5.74, 6) is 0.375. The van der Waals surface area contributed by atoms with Gasteiger partial charge in [-0.2, -0.15) is 5.26 Å². The molecule has 8 nitrogen and oxygen atoms in total. The summed E-state index contributed by atoms with van der Waals surface area (Å²) in [6.07, 6.45) is 0. The molecule has 9 heteroatoms. The molecule has 172 valence electrons. The molecule has 0 saturated carbocycles. The van der Waals surface area contributed by atoms with Crippen LogP contribution in [0, 0.1) is 32.1 Å². The second kappa shape index (κ2) is 10.4. The molecule has 0 radical (unpaired) electrons. The Hall–Kier alpha value is -3.51. The molecule has 0 fully saturated rings. The third-order valence-electron chi connectivity index (χ3n) is 5.53. The number of ether oxygens (including phenoxy) is 2. The van der Waals surface area contributed by atoms with Crippen molar-refractivity contribution in [3.05, 3.63) is 63.5 Å². The maximum atomic E-state index is 12.9. The highest BCUT2D eigenvalue weighted by Gasteiger charge is 2.34. The zero-order chi connectivity index (χ0) is 24.1. The number of rotatable bonds is 7. The van der Waals surface area contributed by atoms with Crippen molar-refractivity contribution in [3.63, 3.8) is 0 Å². The lowest BCUT2D eigenvalue weighted by atomic mass is 9.95. The number of pyridine rings is 1. The van der Waals surface area contributed by atoms with Gasteiger partial charge in [0.15, 0.2) is 0 Å². The molecule has 0 saturated heterocycles. The van der Waals surface area contributed by atoms with Crippen LogP contribution in [0.15, 0.2) is 40.6 Å². The van der Waals surface area contributed by atoms with Crippen molar-refractivity contribution in [2.24, 2.45) is 0 Å². The predicted molar refractivity (Wildman–Crippen MR) is 125 cm³/mol. The monoisotopic (exact) mass is 466 g/mol. The molecule has 0 aliphatic carbocycles. The minimum Gasteiger partial charge on any atom is -0.497 e. The summed E-state index contributed by atoms with van der Waals surface area (Å²) in [7, 11) is 1.57. The van der Waals surface area contributed by atoms with E-state index in [-0.39, 0.29) is 12.4 Å². The number of nitriles is 1. The zero-order valence-electron chi connectivity index (χ0n) is 19.2. The summed E-state index contributed by atoms with van der Waals surface area (Å²) < 4.78 is 10.5. The van der Waals surface area contributed by atoms with E-state index in [1.807, 2.05) is 20.8 Å². The Morgan fingerprint density at radius 2 is 1.91 bits per heavy atom. The average Bonchev–Trinajstić information content (AvgIpc) is 2.81. The van der Waals surface area contributed by atoms with Gasteiger partial charge in [-0.15, -0.1) is 0 Å². The molecular formula is C24H26N4O4S. The molecule has 1 unspecified atom stereocenters. The lowest BCUT2D eigenvalue weighted by molar-refractivity contribution is -0.139. The van der Waals surface area contributed by atoms with E-state index in [9.17, 15) is 14.9 Å². The van der Waals surface area contributed by atoms with Gasteiger partial charge in [0.2, 0.25) is 0 Å². The Labute approximate surface area is 197 Å². The first-order chi connectivity index (χ1) is 15.8. The normalized spacial score (nSPS) is 15.4. The van der Waals surface area contributed by atoms with Crippen molar-refractivity contribution in [1.29, 1.82) is 5.26 Å². The number of hydrogen-bond acceptors (Lipinski definition) is 7. The van der Waals surface area contributed by atoms with Crippen molar-refractivity contribution >= 4 is 23.8 Å². The van der Waals surface area contributed by atoms with Gasteiger partial charge in [-0.3, -0.25) is 0 Å². The lowest BCUT2D eigenvalue weighted by Crippen LogP contribution is -2.46. The van der Waals surface area contributed by atoms with Crippen LogP contribution in [0.4, 0.5) is 4.79 Å². The number of nitrogens with one attached hydrogen (secondary N) is 2. The Bertz CT molecular complexity index is 1150. The Morgan fingerprint density at radius 3 is 2.52 bits per heavy atom. The van der Waals surface area contributed by atoms with Crippen LogP contribution in [0.1, 0.15) is 40.9 Å². The summed E-state index contributed by atoms with van der Waals surface area (Å²) in [6, 6.07) is 8.23. The number of thioether (sulfide) groups is 1. The third-order valence-corrected chi connectivity index (χ3v) is 6.53. The molecule has 2 N–H and O–H groups in total. The van der Waals surface area contributed by atoms with Gasteiger partial charge in [0.05, 0.1) is 30.9 Å². The van der Waals surface area contributed by atoms with Crippen LogP contribution in [-0.2, 0) is 9.53 Å². The van der Waals surface area contributed by atoms with E-state index in [1.165, 1.54) is 11.8 Å². The van der Waals surface area contributed by atoms with E-state index in [2.05, 4.69) is 21.7 Å². The fourth-order valence-electron chi connectivity index (χ4n) is 3.52. The molecule has 3 rings (SSSR count). The Morgan fingerprint density at radius 1 is 1.21 bits per heavy atom. The fraction of sp³-hybridized carbons (Fsp3) is 0.333. The quantitative estimate of drug-likeness (QED) is 0.471. The predicted octanol–water partition coefficient (Wildman–Crippen LogP) is 3.85. The fourth-order valence-corrected chi connectivity index (χ4v) is 4.57. The number of aryl methyl sites for hydroxylation is 1. The first kappa shape index (κ1) is 24.1. The summed E-state index contributed by atoms with van der Waals surface area (Å²) in [5.41, 5.74) is 4.62. The molecule has 2 amide bonds. The highest BCUT2D eigenvalue weighted by atomic mass is 32.2. The standard InChI is InChI=1S/C24H26N4O4S/c1-6-32-23(29)20-19(12-33-22-18(11-25)14(3)13(2)15(4)26-22)27-24(30)28-21(20)16-7-9-17(31-5)10-8-16/h7-10,21H,6,12H2,1-5H3,(H2,27,28,30). The first-order valence-corrected chi connectivity index (χ1v) is 11.4. The molecule has 0 bridgehead atoms. The number of nitrogens with zero attached hydrogens (tertiary/aromatic N) is 2. The van der Waals surface area contributed by atoms with Gasteiger partial charge < -0.3 is 20.1 Å². The summed E-state index contributed by atoms with van der Waals surface area (Å²) in [4.78, 5) is 30.0. The molecule has 1 atom stereocenters. The third kappa shape index (κ3) is 5.12. The second-order valence-electron chi connectivity index (χ2n) is 7.45. The van der Waals surface area contributed by atoms with Gasteiger partial charge >= 0.3 is 12.0 Å². The maximum Gasteiger partial charge on any atom is 0.338 e. The van der Waals surface area contributed by atoms with Crippen molar-refractivity contribution in [1.82, 2.24) is 15.6 Å². The molecular weight excluding hydrogens is 440 g/mol. The minimum atomic E-state index is -0.691. The summed E-state index contributed by atoms with van der Waals surface area (Å²) in [5, 5.41) is 15.8. The van der Waals surface area contributed by atoms with E-state index in [1.54, 1.807) is 38.3 Å². The number of esters is 1. The number of amides is 2. The van der Waals surface area contributed by atoms with Gasteiger partial charge in [-0.1, -0.05) is 23.9 Å². The molecule has 1 aromatic carbocycles. The molecule has 1 aromatic heterocycles. The summed E-state index contributed by atoms with van der Waals surface area (Å²) in [6.45, 7) is 7.64. The van der Waals surface area contributed by atoms with Crippen LogP contribution in [0.2, 0.25) is 0 Å². The van der Waals surface area contributed by atoms with Crippen LogP contribution in [0.3, 0.4) is 0 Å². The van der Waals surface area contributed by atoms with E-state index in [4.69, 9.17) is 9.47 Å². The number of hydrogen-bond donors (Lipinski definition) is 2. The molecule has 0 spiro atoms. The topological polar surface area (TPSA) is 113 Å². The number of methoxy groups -OCH3 is 1. The molecule has 1 aliphatic rings. The largest absolute Gasteiger partial charge is 0.497 e.